The van der Waals surface area contributed by atoms with Crippen LogP contribution in [0.25, 0.3) is 0 Å². The highest BCUT2D eigenvalue weighted by molar-refractivity contribution is 5.75. The number of carbonyl (C=O) groups is 1. The number of H-pyrrole nitrogens is 1. The zero-order valence-electron chi connectivity index (χ0n) is 9.96. The minimum absolute atomic E-state index is 0.0903. The minimum atomic E-state index is -0.579. The van der Waals surface area contributed by atoms with Gasteiger partial charge in [0, 0.05) is 18.8 Å². The smallest absolute Gasteiger partial charge is 0.328 e. The van der Waals surface area contributed by atoms with E-state index in [0.717, 1.165) is 4.57 Å². The monoisotopic (exact) mass is 227 g/mol. The number of rotatable bonds is 2. The molecule has 0 fully saturated rings. The van der Waals surface area contributed by atoms with Crippen molar-refractivity contribution in [2.24, 2.45) is 0 Å². The third-order valence-corrected chi connectivity index (χ3v) is 1.78. The van der Waals surface area contributed by atoms with E-state index in [2.05, 4.69) is 10.3 Å². The van der Waals surface area contributed by atoms with Gasteiger partial charge in [0.2, 0.25) is 5.91 Å². The molecule has 6 heteroatoms. The zero-order chi connectivity index (χ0) is 12.7. The fourth-order valence-electron chi connectivity index (χ4n) is 0.970. The molecule has 0 bridgehead atoms. The second kappa shape index (κ2) is 6.60. The first kappa shape index (κ1) is 14.2. The lowest BCUT2D eigenvalue weighted by atomic mass is 10.4. The van der Waals surface area contributed by atoms with Crippen molar-refractivity contribution < 1.29 is 4.79 Å². The van der Waals surface area contributed by atoms with E-state index >= 15 is 0 Å². The van der Waals surface area contributed by atoms with Crippen LogP contribution in [-0.4, -0.2) is 22.5 Å². The Morgan fingerprint density at radius 1 is 1.44 bits per heavy atom. The van der Waals surface area contributed by atoms with Gasteiger partial charge in [-0.25, -0.2) is 4.79 Å². The van der Waals surface area contributed by atoms with E-state index in [-0.39, 0.29) is 12.5 Å². The highest BCUT2D eigenvalue weighted by Crippen LogP contribution is 1.83. The molecule has 0 atom stereocenters. The summed E-state index contributed by atoms with van der Waals surface area (Å²) in [6, 6.07) is 0. The number of amides is 1. The first-order valence-corrected chi connectivity index (χ1v) is 5.05. The van der Waals surface area contributed by atoms with Crippen LogP contribution in [0.2, 0.25) is 0 Å². The van der Waals surface area contributed by atoms with Crippen LogP contribution >= 0.6 is 0 Å². The predicted octanol–water partition coefficient (Wildman–Crippen LogP) is -0.383. The molecule has 1 aromatic rings. The van der Waals surface area contributed by atoms with E-state index in [1.807, 2.05) is 13.8 Å². The Kier molecular flexibility index (Phi) is 5.84. The lowest BCUT2D eigenvalue weighted by molar-refractivity contribution is -0.121. The van der Waals surface area contributed by atoms with Crippen molar-refractivity contribution in [3.63, 3.8) is 0 Å². The number of nitrogens with one attached hydrogen (secondary N) is 2. The summed E-state index contributed by atoms with van der Waals surface area (Å²) >= 11 is 0. The number of hydrogen-bond acceptors (Lipinski definition) is 3. The molecule has 1 aromatic heterocycles. The summed E-state index contributed by atoms with van der Waals surface area (Å²) in [5, 5.41) is 2.38. The van der Waals surface area contributed by atoms with Gasteiger partial charge in [-0.2, -0.15) is 0 Å². The standard InChI is InChI=1S/C8H11N3O3.C2H6/c1-5-3-11(4-6(12)9-2)8(14)10-7(5)13;1-2/h3H,4H2,1-2H3,(H,9,12)(H,10,13,14);1-2H3. The Hall–Kier alpha value is -1.85. The Morgan fingerprint density at radius 2 is 2.00 bits per heavy atom. The van der Waals surface area contributed by atoms with Gasteiger partial charge in [-0.1, -0.05) is 13.8 Å². The van der Waals surface area contributed by atoms with E-state index in [9.17, 15) is 14.4 Å². The van der Waals surface area contributed by atoms with Crippen LogP contribution in [0.5, 0.6) is 0 Å². The summed E-state index contributed by atoms with van der Waals surface area (Å²) in [6.45, 7) is 5.48. The van der Waals surface area contributed by atoms with Crippen molar-refractivity contribution in [2.75, 3.05) is 7.05 Å². The maximum atomic E-state index is 11.2. The average Bonchev–Trinajstić information content (AvgIpc) is 2.28. The summed E-state index contributed by atoms with van der Waals surface area (Å²) in [4.78, 5) is 35.2. The first-order valence-electron chi connectivity index (χ1n) is 5.05. The van der Waals surface area contributed by atoms with Crippen molar-refractivity contribution >= 4 is 5.91 Å². The second-order valence-corrected chi connectivity index (χ2v) is 2.87. The summed E-state index contributed by atoms with van der Waals surface area (Å²) in [5.41, 5.74) is -0.610. The summed E-state index contributed by atoms with van der Waals surface area (Å²) < 4.78 is 1.15. The van der Waals surface area contributed by atoms with Crippen LogP contribution in [0.1, 0.15) is 19.4 Å². The van der Waals surface area contributed by atoms with Gasteiger partial charge in [-0.15, -0.1) is 0 Å². The number of nitrogens with zero attached hydrogens (tertiary/aromatic N) is 1. The van der Waals surface area contributed by atoms with Gasteiger partial charge in [0.15, 0.2) is 0 Å². The molecule has 0 aliphatic rings. The van der Waals surface area contributed by atoms with E-state index in [4.69, 9.17) is 0 Å². The fraction of sp³-hybridized carbons (Fsp3) is 0.500. The highest BCUT2D eigenvalue weighted by Gasteiger charge is 2.04. The van der Waals surface area contributed by atoms with E-state index in [0.29, 0.717) is 5.56 Å². The lowest BCUT2D eigenvalue weighted by Crippen LogP contribution is -2.35. The Morgan fingerprint density at radius 3 is 2.50 bits per heavy atom. The number of carbonyl (C=O) groups excluding carboxylic acids is 1. The van der Waals surface area contributed by atoms with Crippen LogP contribution < -0.4 is 16.6 Å². The molecule has 0 saturated carbocycles. The number of aromatic amines is 1. The van der Waals surface area contributed by atoms with Gasteiger partial charge in [-0.3, -0.25) is 19.1 Å². The maximum Gasteiger partial charge on any atom is 0.328 e. The third-order valence-electron chi connectivity index (χ3n) is 1.78. The number of aromatic nitrogens is 2. The van der Waals surface area contributed by atoms with Crippen LogP contribution in [0.4, 0.5) is 0 Å². The van der Waals surface area contributed by atoms with Crippen molar-refractivity contribution in [3.8, 4) is 0 Å². The van der Waals surface area contributed by atoms with Crippen LogP contribution in [0, 0.1) is 6.92 Å². The van der Waals surface area contributed by atoms with Gasteiger partial charge in [0.1, 0.15) is 6.54 Å². The zero-order valence-corrected chi connectivity index (χ0v) is 9.96. The third kappa shape index (κ3) is 3.72. The molecule has 0 aromatic carbocycles. The molecule has 0 aliphatic carbocycles. The van der Waals surface area contributed by atoms with Crippen molar-refractivity contribution in [1.82, 2.24) is 14.9 Å². The minimum Gasteiger partial charge on any atom is -0.358 e. The van der Waals surface area contributed by atoms with Gasteiger partial charge < -0.3 is 5.32 Å². The lowest BCUT2D eigenvalue weighted by Gasteiger charge is -2.03. The van der Waals surface area contributed by atoms with E-state index in [1.54, 1.807) is 6.92 Å². The first-order chi connectivity index (χ1) is 7.54. The van der Waals surface area contributed by atoms with Crippen molar-refractivity contribution in [3.05, 3.63) is 32.6 Å². The number of hydrogen-bond donors (Lipinski definition) is 2. The van der Waals surface area contributed by atoms with Gasteiger partial charge in [0.05, 0.1) is 0 Å². The van der Waals surface area contributed by atoms with Gasteiger partial charge >= 0.3 is 5.69 Å². The van der Waals surface area contributed by atoms with Crippen molar-refractivity contribution in [2.45, 2.75) is 27.3 Å². The van der Waals surface area contributed by atoms with E-state index < -0.39 is 11.2 Å². The highest BCUT2D eigenvalue weighted by atomic mass is 16.2. The van der Waals surface area contributed by atoms with Crippen LogP contribution in [0.3, 0.4) is 0 Å². The predicted molar refractivity (Wildman–Crippen MR) is 61.5 cm³/mol. The number of aryl methyl sites for hydroxylation is 1. The summed E-state index contributed by atoms with van der Waals surface area (Å²) in [6.07, 6.45) is 1.36. The quantitative estimate of drug-likeness (QED) is 0.722. The molecular formula is C10H17N3O3. The molecular weight excluding hydrogens is 210 g/mol. The van der Waals surface area contributed by atoms with Crippen LogP contribution in [0.15, 0.2) is 15.8 Å². The maximum absolute atomic E-state index is 11.2. The average molecular weight is 227 g/mol. The fourth-order valence-corrected chi connectivity index (χ4v) is 0.970. The van der Waals surface area contributed by atoms with Crippen molar-refractivity contribution in [1.29, 1.82) is 0 Å². The molecule has 0 radical (unpaired) electrons. The molecule has 1 heterocycles. The molecule has 6 nitrogen and oxygen atoms in total. The van der Waals surface area contributed by atoms with E-state index in [1.165, 1.54) is 13.2 Å². The topological polar surface area (TPSA) is 84.0 Å². The normalized spacial score (nSPS) is 9.00. The van der Waals surface area contributed by atoms with Crippen LogP contribution in [-0.2, 0) is 11.3 Å². The molecule has 0 aliphatic heterocycles. The SMILES string of the molecule is CC.CNC(=O)Cn1cc(C)c(=O)[nH]c1=O. The number of likely N-dealkylation sites (N-methyl/N-ethyl adjacent to an activating group) is 1. The van der Waals surface area contributed by atoms with Gasteiger partial charge in [0.25, 0.3) is 5.56 Å². The largest absolute Gasteiger partial charge is 0.358 e. The Balaban J connectivity index is 0.00000106. The Bertz CT molecular complexity index is 459. The molecule has 0 unspecified atom stereocenters. The second-order valence-electron chi connectivity index (χ2n) is 2.87. The molecule has 1 rings (SSSR count). The molecule has 0 saturated heterocycles. The molecule has 1 amide bonds. The molecule has 90 valence electrons. The summed E-state index contributed by atoms with van der Waals surface area (Å²) in [5.74, 6) is -0.293. The van der Waals surface area contributed by atoms with Gasteiger partial charge in [-0.05, 0) is 6.92 Å². The molecule has 16 heavy (non-hydrogen) atoms. The molecule has 2 N–H and O–H groups in total. The summed E-state index contributed by atoms with van der Waals surface area (Å²) in [7, 11) is 1.48. The molecule has 0 spiro atoms. The Labute approximate surface area is 93.3 Å².